The average molecular weight is 463 g/mol. The number of fused-ring (bicyclic) bond motifs is 3. The number of benzene rings is 2. The Bertz CT molecular complexity index is 1070. The summed E-state index contributed by atoms with van der Waals surface area (Å²) in [5.41, 5.74) is 3.38. The number of carbonyl (C=O) groups excluding carboxylic acids is 2. The Balaban J connectivity index is 1.20. The minimum Gasteiger partial charge on any atom is -0.481 e. The largest absolute Gasteiger partial charge is 0.481 e. The van der Waals surface area contributed by atoms with Gasteiger partial charge in [-0.2, -0.15) is 0 Å². The molecule has 0 heterocycles. The highest BCUT2D eigenvalue weighted by Gasteiger charge is 2.45. The van der Waals surface area contributed by atoms with Crippen molar-refractivity contribution in [3.63, 3.8) is 0 Å². The molecule has 7 nitrogen and oxygen atoms in total. The van der Waals surface area contributed by atoms with Crippen LogP contribution in [-0.4, -0.2) is 40.8 Å². The lowest BCUT2D eigenvalue weighted by molar-refractivity contribution is -0.140. The summed E-state index contributed by atoms with van der Waals surface area (Å²) < 4.78 is 5.68. The SMILES string of the molecule is O=C(O)CC1(NC(=O)CC2(NC(=O)OCC3c4ccccc4-c4ccccc43)CCC2)CCC1. The van der Waals surface area contributed by atoms with E-state index in [9.17, 15) is 19.5 Å². The van der Waals surface area contributed by atoms with E-state index >= 15 is 0 Å². The van der Waals surface area contributed by atoms with Crippen molar-refractivity contribution in [3.8, 4) is 11.1 Å². The van der Waals surface area contributed by atoms with E-state index in [1.54, 1.807) is 0 Å². The summed E-state index contributed by atoms with van der Waals surface area (Å²) >= 11 is 0. The fourth-order valence-electron chi connectivity index (χ4n) is 5.69. The maximum Gasteiger partial charge on any atom is 0.407 e. The Morgan fingerprint density at radius 2 is 1.35 bits per heavy atom. The van der Waals surface area contributed by atoms with Crippen LogP contribution in [0.3, 0.4) is 0 Å². The fraction of sp³-hybridized carbons (Fsp3) is 0.444. The molecule has 0 unspecified atom stereocenters. The Morgan fingerprint density at radius 3 is 1.85 bits per heavy atom. The molecule has 7 heteroatoms. The number of carboxylic acid groups (broad SMARTS) is 1. The van der Waals surface area contributed by atoms with Crippen molar-refractivity contribution < 1.29 is 24.2 Å². The summed E-state index contributed by atoms with van der Waals surface area (Å²) in [5.74, 6) is -1.14. The first-order valence-electron chi connectivity index (χ1n) is 12.0. The van der Waals surface area contributed by atoms with Crippen LogP contribution in [0.15, 0.2) is 48.5 Å². The minimum absolute atomic E-state index is 0.0201. The minimum atomic E-state index is -0.907. The summed E-state index contributed by atoms with van der Waals surface area (Å²) in [7, 11) is 0. The second-order valence-corrected chi connectivity index (χ2v) is 10.0. The third-order valence-corrected chi connectivity index (χ3v) is 7.73. The first kappa shape index (κ1) is 22.4. The van der Waals surface area contributed by atoms with E-state index in [2.05, 4.69) is 34.9 Å². The van der Waals surface area contributed by atoms with Gasteiger partial charge in [0.1, 0.15) is 6.61 Å². The van der Waals surface area contributed by atoms with E-state index < -0.39 is 23.1 Å². The number of nitrogens with one attached hydrogen (secondary N) is 2. The van der Waals surface area contributed by atoms with Crippen LogP contribution in [0.1, 0.15) is 68.4 Å². The maximum atomic E-state index is 12.8. The number of hydrogen-bond acceptors (Lipinski definition) is 4. The molecule has 0 atom stereocenters. The zero-order chi connectivity index (χ0) is 23.8. The lowest BCUT2D eigenvalue weighted by Gasteiger charge is -2.45. The number of ether oxygens (including phenoxy) is 1. The highest BCUT2D eigenvalue weighted by Crippen LogP contribution is 2.44. The number of rotatable bonds is 8. The van der Waals surface area contributed by atoms with Gasteiger partial charge in [-0.25, -0.2) is 4.79 Å². The van der Waals surface area contributed by atoms with Crippen LogP contribution in [0.25, 0.3) is 11.1 Å². The number of carboxylic acids is 1. The zero-order valence-electron chi connectivity index (χ0n) is 19.1. The first-order chi connectivity index (χ1) is 16.4. The summed E-state index contributed by atoms with van der Waals surface area (Å²) in [6.45, 7) is 0.226. The summed E-state index contributed by atoms with van der Waals surface area (Å²) in [5, 5.41) is 15.1. The van der Waals surface area contributed by atoms with E-state index in [1.807, 2.05) is 24.3 Å². The van der Waals surface area contributed by atoms with Gasteiger partial charge < -0.3 is 20.5 Å². The van der Waals surface area contributed by atoms with Crippen molar-refractivity contribution in [1.82, 2.24) is 10.6 Å². The molecule has 2 saturated carbocycles. The van der Waals surface area contributed by atoms with Crippen molar-refractivity contribution in [2.45, 2.75) is 68.4 Å². The quantitative estimate of drug-likeness (QED) is 0.541. The van der Waals surface area contributed by atoms with Gasteiger partial charge >= 0.3 is 12.1 Å². The summed E-state index contributed by atoms with van der Waals surface area (Å²) in [4.78, 5) is 36.7. The van der Waals surface area contributed by atoms with Crippen LogP contribution in [-0.2, 0) is 14.3 Å². The van der Waals surface area contributed by atoms with Crippen molar-refractivity contribution >= 4 is 18.0 Å². The molecule has 0 spiro atoms. The Kier molecular flexibility index (Phi) is 5.80. The molecule has 0 radical (unpaired) electrons. The molecule has 3 N–H and O–H groups in total. The average Bonchev–Trinajstić information content (AvgIpc) is 3.08. The zero-order valence-corrected chi connectivity index (χ0v) is 19.1. The lowest BCUT2D eigenvalue weighted by Crippen LogP contribution is -2.60. The molecule has 5 rings (SSSR count). The van der Waals surface area contributed by atoms with Gasteiger partial charge in [0.05, 0.1) is 17.5 Å². The highest BCUT2D eigenvalue weighted by molar-refractivity contribution is 5.81. The normalized spacial score (nSPS) is 19.1. The van der Waals surface area contributed by atoms with Gasteiger partial charge in [-0.3, -0.25) is 9.59 Å². The predicted octanol–water partition coefficient (Wildman–Crippen LogP) is 4.35. The molecule has 0 saturated heterocycles. The van der Waals surface area contributed by atoms with Gasteiger partial charge in [-0.15, -0.1) is 0 Å². The second-order valence-electron chi connectivity index (χ2n) is 10.0. The van der Waals surface area contributed by atoms with Crippen molar-refractivity contribution in [2.75, 3.05) is 6.61 Å². The number of alkyl carbamates (subject to hydrolysis) is 1. The fourth-order valence-corrected chi connectivity index (χ4v) is 5.69. The molecule has 178 valence electrons. The first-order valence-corrected chi connectivity index (χ1v) is 12.0. The molecular weight excluding hydrogens is 432 g/mol. The lowest BCUT2D eigenvalue weighted by atomic mass is 9.72. The Labute approximate surface area is 198 Å². The van der Waals surface area contributed by atoms with Gasteiger partial charge in [-0.1, -0.05) is 48.5 Å². The third-order valence-electron chi connectivity index (χ3n) is 7.73. The van der Waals surface area contributed by atoms with E-state index in [0.29, 0.717) is 25.7 Å². The maximum absolute atomic E-state index is 12.8. The van der Waals surface area contributed by atoms with E-state index in [-0.39, 0.29) is 31.3 Å². The van der Waals surface area contributed by atoms with Gasteiger partial charge in [0.2, 0.25) is 5.91 Å². The number of hydrogen-bond donors (Lipinski definition) is 3. The van der Waals surface area contributed by atoms with Crippen LogP contribution in [0, 0.1) is 0 Å². The predicted molar refractivity (Wildman–Crippen MR) is 126 cm³/mol. The molecule has 3 aliphatic rings. The molecule has 2 fully saturated rings. The second kappa shape index (κ2) is 8.78. The van der Waals surface area contributed by atoms with E-state index in [0.717, 1.165) is 24.0 Å². The Morgan fingerprint density at radius 1 is 0.824 bits per heavy atom. The third kappa shape index (κ3) is 4.27. The molecule has 2 aromatic rings. The molecule has 0 aromatic heterocycles. The van der Waals surface area contributed by atoms with E-state index in [1.165, 1.54) is 11.1 Å². The number of carbonyl (C=O) groups is 3. The van der Waals surface area contributed by atoms with Crippen LogP contribution in [0.5, 0.6) is 0 Å². The van der Waals surface area contributed by atoms with Gasteiger partial charge in [0.25, 0.3) is 0 Å². The Hall–Kier alpha value is -3.35. The van der Waals surface area contributed by atoms with E-state index in [4.69, 9.17) is 4.74 Å². The van der Waals surface area contributed by atoms with Crippen molar-refractivity contribution in [1.29, 1.82) is 0 Å². The van der Waals surface area contributed by atoms with Crippen LogP contribution in [0.4, 0.5) is 4.79 Å². The number of aliphatic carboxylic acids is 1. The smallest absolute Gasteiger partial charge is 0.407 e. The van der Waals surface area contributed by atoms with Gasteiger partial charge in [0.15, 0.2) is 0 Å². The standard InChI is InChI=1S/C27H30N2O5/c30-23(28-27(13-6-14-27)16-24(31)32)15-26(11-5-12-26)29-25(33)34-17-22-20-9-3-1-7-18(20)19-8-2-4-10-21(19)22/h1-4,7-10,22H,5-6,11-17H2,(H,28,30)(H,29,33)(H,31,32). The summed E-state index contributed by atoms with van der Waals surface area (Å²) in [6.07, 6.45) is 4.17. The van der Waals surface area contributed by atoms with Crippen LogP contribution in [0.2, 0.25) is 0 Å². The molecular formula is C27H30N2O5. The van der Waals surface area contributed by atoms with Gasteiger partial charge in [-0.05, 0) is 60.8 Å². The van der Waals surface area contributed by atoms with Crippen LogP contribution < -0.4 is 10.6 Å². The van der Waals surface area contributed by atoms with Crippen molar-refractivity contribution in [2.24, 2.45) is 0 Å². The molecule has 3 aliphatic carbocycles. The van der Waals surface area contributed by atoms with Gasteiger partial charge in [0, 0.05) is 12.3 Å². The summed E-state index contributed by atoms with van der Waals surface area (Å²) in [6, 6.07) is 16.4. The highest BCUT2D eigenvalue weighted by atomic mass is 16.5. The monoisotopic (exact) mass is 462 g/mol. The van der Waals surface area contributed by atoms with Crippen molar-refractivity contribution in [3.05, 3.63) is 59.7 Å². The molecule has 2 amide bonds. The number of amides is 2. The topological polar surface area (TPSA) is 105 Å². The van der Waals surface area contributed by atoms with Crippen LogP contribution >= 0.6 is 0 Å². The molecule has 2 aromatic carbocycles. The molecule has 34 heavy (non-hydrogen) atoms. The molecule has 0 bridgehead atoms. The molecule has 0 aliphatic heterocycles.